The number of carbonyl (C=O) groups is 3. The highest BCUT2D eigenvalue weighted by Crippen LogP contribution is 2.62. The Labute approximate surface area is 298 Å². The van der Waals surface area contributed by atoms with Gasteiger partial charge in [-0.2, -0.15) is 0 Å². The van der Waals surface area contributed by atoms with Gasteiger partial charge in [0.1, 0.15) is 17.3 Å². The summed E-state index contributed by atoms with van der Waals surface area (Å²) in [5.41, 5.74) is 6.80. The number of aliphatic hydroxyl groups excluding tert-OH is 1. The predicted octanol–water partition coefficient (Wildman–Crippen LogP) is 4.36. The van der Waals surface area contributed by atoms with Gasteiger partial charge in [-0.1, -0.05) is 39.3 Å². The van der Waals surface area contributed by atoms with E-state index in [1.54, 1.807) is 13.0 Å². The third kappa shape index (κ3) is 6.65. The van der Waals surface area contributed by atoms with Crippen molar-refractivity contribution in [2.45, 2.75) is 121 Å². The Morgan fingerprint density at radius 1 is 1.18 bits per heavy atom. The van der Waals surface area contributed by atoms with Crippen molar-refractivity contribution in [2.24, 2.45) is 41.2 Å². The van der Waals surface area contributed by atoms with E-state index in [9.17, 15) is 19.5 Å². The molecule has 1 amide bonds. The molecule has 7 rings (SSSR count). The number of amides is 1. The van der Waals surface area contributed by atoms with Crippen molar-refractivity contribution < 1.29 is 33.7 Å². The molecule has 0 aromatic heterocycles. The van der Waals surface area contributed by atoms with Crippen LogP contribution in [0.3, 0.4) is 0 Å². The minimum atomic E-state index is -0.952. The molecule has 0 aromatic rings. The molecule has 0 bridgehead atoms. The van der Waals surface area contributed by atoms with Crippen LogP contribution in [0.1, 0.15) is 85.0 Å². The lowest BCUT2D eigenvalue weighted by Gasteiger charge is -2.57. The molecule has 5 heterocycles. The smallest absolute Gasteiger partial charge is 0.334 e. The second-order valence-corrected chi connectivity index (χ2v) is 18.5. The molecule has 1 spiro atoms. The van der Waals surface area contributed by atoms with Crippen molar-refractivity contribution in [3.05, 3.63) is 23.3 Å². The standard InChI is InChI=1S/C37H55N3O7S2/c1-4-21(2)34(43)47-36(3)9-7-23-19-48-49-20-27-8-10-40(27)32(42)14-26-18-39-31(38)15-28(26)33(23)37(36)17-25-13-24-12-22(6-5-11-41)35(44)45-29(24)16-30(25)46-37/h4,7,22,24-31,33,39,41H,5-6,8-20,38H2,1-3H3. The molecule has 272 valence electrons. The molecule has 6 fully saturated rings. The van der Waals surface area contributed by atoms with E-state index in [0.29, 0.717) is 56.7 Å². The van der Waals surface area contributed by atoms with Crippen molar-refractivity contribution in [3.8, 4) is 0 Å². The molecule has 0 radical (unpaired) electrons. The normalized spacial score (nSPS) is 44.1. The van der Waals surface area contributed by atoms with E-state index in [1.807, 2.05) is 28.5 Å². The van der Waals surface area contributed by atoms with Crippen LogP contribution in [0.5, 0.6) is 0 Å². The number of hydrogen-bond acceptors (Lipinski definition) is 11. The lowest BCUT2D eigenvalue weighted by molar-refractivity contribution is -0.229. The Morgan fingerprint density at radius 3 is 2.78 bits per heavy atom. The molecule has 0 aromatic carbocycles. The average Bonchev–Trinajstić information content (AvgIpc) is 3.43. The van der Waals surface area contributed by atoms with Crippen LogP contribution in [-0.2, 0) is 28.6 Å². The highest BCUT2D eigenvalue weighted by Gasteiger charge is 2.68. The third-order valence-corrected chi connectivity index (χ3v) is 15.6. The van der Waals surface area contributed by atoms with E-state index in [2.05, 4.69) is 23.2 Å². The Kier molecular flexibility index (Phi) is 10.6. The molecule has 10 nitrogen and oxygen atoms in total. The zero-order chi connectivity index (χ0) is 34.5. The number of ether oxygens (including phenoxy) is 3. The van der Waals surface area contributed by atoms with Crippen LogP contribution in [0, 0.1) is 35.5 Å². The highest BCUT2D eigenvalue weighted by atomic mass is 33.1. The van der Waals surface area contributed by atoms with Crippen LogP contribution in [0.15, 0.2) is 23.3 Å². The van der Waals surface area contributed by atoms with Gasteiger partial charge in [0.15, 0.2) is 0 Å². The minimum absolute atomic E-state index is 0.0560. The van der Waals surface area contributed by atoms with E-state index in [0.717, 1.165) is 43.7 Å². The summed E-state index contributed by atoms with van der Waals surface area (Å²) >= 11 is 0. The van der Waals surface area contributed by atoms with Crippen molar-refractivity contribution in [1.82, 2.24) is 10.2 Å². The summed E-state index contributed by atoms with van der Waals surface area (Å²) in [7, 11) is 3.72. The average molecular weight is 718 g/mol. The zero-order valence-electron chi connectivity index (χ0n) is 29.3. The number of nitrogens with zero attached hydrogens (tertiary/aromatic N) is 1. The van der Waals surface area contributed by atoms with Gasteiger partial charge in [0.25, 0.3) is 0 Å². The lowest BCUT2D eigenvalue weighted by atomic mass is 9.56. The van der Waals surface area contributed by atoms with E-state index >= 15 is 0 Å². The van der Waals surface area contributed by atoms with Crippen LogP contribution in [-0.4, -0.2) is 94.7 Å². The maximum absolute atomic E-state index is 13.8. The van der Waals surface area contributed by atoms with Gasteiger partial charge in [-0.3, -0.25) is 9.59 Å². The second kappa shape index (κ2) is 14.5. The zero-order valence-corrected chi connectivity index (χ0v) is 30.9. The van der Waals surface area contributed by atoms with Gasteiger partial charge in [0.2, 0.25) is 5.91 Å². The molecule has 4 N–H and O–H groups in total. The number of piperidine rings is 1. The number of rotatable bonds is 5. The summed E-state index contributed by atoms with van der Waals surface area (Å²) in [5.74, 6) is 1.82. The number of fused-ring (bicyclic) bond motifs is 7. The first-order valence-electron chi connectivity index (χ1n) is 18.6. The van der Waals surface area contributed by atoms with Gasteiger partial charge in [0, 0.05) is 68.0 Å². The van der Waals surface area contributed by atoms with Crippen LogP contribution >= 0.6 is 21.6 Å². The molecule has 1 saturated carbocycles. The topological polar surface area (TPSA) is 140 Å². The lowest BCUT2D eigenvalue weighted by Crippen LogP contribution is -2.65. The van der Waals surface area contributed by atoms with Crippen LogP contribution in [0.25, 0.3) is 0 Å². The molecule has 49 heavy (non-hydrogen) atoms. The van der Waals surface area contributed by atoms with Crippen molar-refractivity contribution in [2.75, 3.05) is 31.2 Å². The van der Waals surface area contributed by atoms with Gasteiger partial charge in [-0.15, -0.1) is 0 Å². The Morgan fingerprint density at radius 2 is 2.02 bits per heavy atom. The SMILES string of the molecule is CC=C(C)C(=O)OC1(C)CC=C2CSSCC3CCN3C(=O)CC3CNC(N)CC3C2C12CC1CC3CC(CCCO)C(=O)OC3CC1O2. The van der Waals surface area contributed by atoms with E-state index in [1.165, 1.54) is 5.57 Å². The molecule has 12 atom stereocenters. The number of aliphatic hydroxyl groups is 1. The highest BCUT2D eigenvalue weighted by molar-refractivity contribution is 8.76. The van der Waals surface area contributed by atoms with Crippen molar-refractivity contribution in [3.63, 3.8) is 0 Å². The summed E-state index contributed by atoms with van der Waals surface area (Å²) in [6.07, 6.45) is 10.6. The number of carbonyl (C=O) groups excluding carboxylic acids is 3. The Hall–Kier alpha value is -1.57. The maximum atomic E-state index is 13.8. The molecule has 5 saturated heterocycles. The molecule has 12 heteroatoms. The summed E-state index contributed by atoms with van der Waals surface area (Å²) in [5, 5.41) is 12.9. The molecule has 5 aliphatic heterocycles. The van der Waals surface area contributed by atoms with Gasteiger partial charge < -0.3 is 35.3 Å². The largest absolute Gasteiger partial charge is 0.462 e. The van der Waals surface area contributed by atoms with Crippen molar-refractivity contribution in [1.29, 1.82) is 0 Å². The fourth-order valence-corrected chi connectivity index (χ4v) is 12.9. The first-order valence-corrected chi connectivity index (χ1v) is 21.1. The molecule has 12 unspecified atom stereocenters. The molecule has 2 aliphatic carbocycles. The second-order valence-electron chi connectivity index (χ2n) is 16.0. The van der Waals surface area contributed by atoms with E-state index in [-0.39, 0.29) is 78.3 Å². The van der Waals surface area contributed by atoms with Crippen LogP contribution in [0.4, 0.5) is 0 Å². The number of allylic oxidation sites excluding steroid dienone is 1. The van der Waals surface area contributed by atoms with Gasteiger partial charge >= 0.3 is 11.9 Å². The fraction of sp³-hybridized carbons (Fsp3) is 0.811. The minimum Gasteiger partial charge on any atom is -0.462 e. The molecular weight excluding hydrogens is 663 g/mol. The Balaban J connectivity index is 1.27. The molecule has 7 aliphatic rings. The predicted molar refractivity (Wildman–Crippen MR) is 190 cm³/mol. The maximum Gasteiger partial charge on any atom is 0.334 e. The quantitative estimate of drug-likeness (QED) is 0.162. The Bertz CT molecular complexity index is 1360. The summed E-state index contributed by atoms with van der Waals surface area (Å²) in [4.78, 5) is 42.6. The first kappa shape index (κ1) is 35.8. The van der Waals surface area contributed by atoms with E-state index < -0.39 is 11.2 Å². The molecular formula is C37H55N3O7S2. The number of nitrogens with one attached hydrogen (secondary N) is 1. The van der Waals surface area contributed by atoms with Crippen LogP contribution < -0.4 is 11.1 Å². The summed E-state index contributed by atoms with van der Waals surface area (Å²) in [6.45, 7) is 7.28. The van der Waals surface area contributed by atoms with Crippen molar-refractivity contribution >= 4 is 39.4 Å². The van der Waals surface area contributed by atoms with E-state index in [4.69, 9.17) is 19.9 Å². The number of nitrogens with two attached hydrogens (primary N) is 1. The fourth-order valence-electron chi connectivity index (χ4n) is 10.3. The van der Waals surface area contributed by atoms with Gasteiger partial charge in [-0.25, -0.2) is 4.79 Å². The first-order chi connectivity index (χ1) is 23.6. The number of esters is 2. The summed E-state index contributed by atoms with van der Waals surface area (Å²) in [6, 6.07) is 0.309. The third-order valence-electron chi connectivity index (χ3n) is 13.2. The van der Waals surface area contributed by atoms with Gasteiger partial charge in [-0.05, 0) is 89.4 Å². The van der Waals surface area contributed by atoms with Gasteiger partial charge in [0.05, 0.1) is 18.2 Å². The number of hydrogen-bond donors (Lipinski definition) is 3. The van der Waals surface area contributed by atoms with Crippen LogP contribution in [0.2, 0.25) is 0 Å². The summed E-state index contributed by atoms with van der Waals surface area (Å²) < 4.78 is 20.3. The monoisotopic (exact) mass is 717 g/mol.